The summed E-state index contributed by atoms with van der Waals surface area (Å²) in [6, 6.07) is 0.535. The van der Waals surface area contributed by atoms with Gasteiger partial charge in [-0.1, -0.05) is 26.2 Å². The molecule has 0 aromatic carbocycles. The Morgan fingerprint density at radius 3 is 2.15 bits per heavy atom. The lowest BCUT2D eigenvalue weighted by atomic mass is 9.69. The average molecular weight is 369 g/mol. The highest BCUT2D eigenvalue weighted by atomic mass is 19.2. The zero-order chi connectivity index (χ0) is 18.7. The van der Waals surface area contributed by atoms with E-state index in [0.717, 1.165) is 24.7 Å². The van der Waals surface area contributed by atoms with E-state index in [2.05, 4.69) is 11.9 Å². The van der Waals surface area contributed by atoms with Gasteiger partial charge in [-0.25, -0.2) is 4.39 Å². The van der Waals surface area contributed by atoms with Crippen LogP contribution in [0.15, 0.2) is 6.07 Å². The summed E-state index contributed by atoms with van der Waals surface area (Å²) < 4.78 is 44.5. The minimum Gasteiger partial charge on any atom is -0.421 e. The minimum absolute atomic E-state index is 0.314. The number of carbonyl (C=O) groups excluding carboxylic acids is 1. The second-order valence-corrected chi connectivity index (χ2v) is 7.77. The number of aromatic nitrogens is 1. The molecule has 2 fully saturated rings. The number of nitrogens with zero attached hydrogens (tertiary/aromatic N) is 1. The molecule has 26 heavy (non-hydrogen) atoms. The van der Waals surface area contributed by atoms with Crippen molar-refractivity contribution in [2.45, 2.75) is 64.7 Å². The lowest BCUT2D eigenvalue weighted by molar-refractivity contribution is -0.140. The zero-order valence-electron chi connectivity index (χ0n) is 15.1. The molecule has 3 rings (SSSR count). The summed E-state index contributed by atoms with van der Waals surface area (Å²) >= 11 is 0. The number of esters is 1. The maximum absolute atomic E-state index is 13.5. The fourth-order valence-corrected chi connectivity index (χ4v) is 4.59. The third-order valence-electron chi connectivity index (χ3n) is 6.31. The summed E-state index contributed by atoms with van der Waals surface area (Å²) in [4.78, 5) is 15.0. The van der Waals surface area contributed by atoms with Gasteiger partial charge in [0.25, 0.3) is 11.9 Å². The zero-order valence-corrected chi connectivity index (χ0v) is 15.1. The number of hydrogen-bond acceptors (Lipinski definition) is 3. The Bertz CT molecular complexity index is 636. The van der Waals surface area contributed by atoms with E-state index in [0.29, 0.717) is 24.8 Å². The second-order valence-electron chi connectivity index (χ2n) is 7.77. The highest BCUT2D eigenvalue weighted by Gasteiger charge is 2.33. The Labute approximate surface area is 152 Å². The van der Waals surface area contributed by atoms with E-state index >= 15 is 0 Å². The third-order valence-corrected chi connectivity index (χ3v) is 6.31. The number of ether oxygens (including phenoxy) is 1. The maximum Gasteiger partial charge on any atom is 0.314 e. The summed E-state index contributed by atoms with van der Waals surface area (Å²) in [6.07, 6.45) is 9.80. The van der Waals surface area contributed by atoms with Crippen LogP contribution in [-0.4, -0.2) is 11.0 Å². The molecule has 0 amide bonds. The van der Waals surface area contributed by atoms with Crippen molar-refractivity contribution in [1.29, 1.82) is 0 Å². The molecule has 1 aromatic heterocycles. The molecular weight excluding hydrogens is 343 g/mol. The summed E-state index contributed by atoms with van der Waals surface area (Å²) in [7, 11) is 0. The molecule has 0 aliphatic heterocycles. The molecule has 0 saturated heterocycles. The Morgan fingerprint density at radius 1 is 1.00 bits per heavy atom. The van der Waals surface area contributed by atoms with Crippen molar-refractivity contribution in [2.75, 3.05) is 0 Å². The van der Waals surface area contributed by atoms with Gasteiger partial charge in [0, 0.05) is 6.07 Å². The van der Waals surface area contributed by atoms with Crippen LogP contribution in [0.1, 0.15) is 64.7 Å². The molecule has 0 bridgehead atoms. The predicted octanol–water partition coefficient (Wildman–Crippen LogP) is 5.43. The van der Waals surface area contributed by atoms with Crippen molar-refractivity contribution >= 4 is 5.97 Å². The number of hydrogen-bond donors (Lipinski definition) is 0. The van der Waals surface area contributed by atoms with E-state index in [9.17, 15) is 18.0 Å². The smallest absolute Gasteiger partial charge is 0.314 e. The van der Waals surface area contributed by atoms with Crippen molar-refractivity contribution in [3.63, 3.8) is 0 Å². The molecule has 1 heterocycles. The van der Waals surface area contributed by atoms with E-state index in [1.165, 1.54) is 32.1 Å². The van der Waals surface area contributed by atoms with Crippen LogP contribution in [0.2, 0.25) is 0 Å². The van der Waals surface area contributed by atoms with Gasteiger partial charge in [-0.2, -0.15) is 13.8 Å². The molecule has 2 saturated carbocycles. The van der Waals surface area contributed by atoms with Crippen molar-refractivity contribution < 1.29 is 22.7 Å². The lowest BCUT2D eigenvalue weighted by Crippen LogP contribution is -2.30. The molecular formula is C20H26F3NO2. The minimum atomic E-state index is -1.54. The van der Waals surface area contributed by atoms with Gasteiger partial charge < -0.3 is 4.74 Å². The van der Waals surface area contributed by atoms with Crippen LogP contribution in [0.4, 0.5) is 13.2 Å². The summed E-state index contributed by atoms with van der Waals surface area (Å²) in [6.45, 7) is 2.26. The average Bonchev–Trinajstić information content (AvgIpc) is 2.66. The van der Waals surface area contributed by atoms with Crippen LogP contribution in [0, 0.1) is 41.4 Å². The molecule has 2 aliphatic rings. The van der Waals surface area contributed by atoms with Crippen LogP contribution in [0.5, 0.6) is 5.75 Å². The van der Waals surface area contributed by atoms with Crippen molar-refractivity contribution in [3.05, 3.63) is 23.8 Å². The Kier molecular flexibility index (Phi) is 6.20. The van der Waals surface area contributed by atoms with Crippen molar-refractivity contribution in [2.24, 2.45) is 23.7 Å². The van der Waals surface area contributed by atoms with Crippen LogP contribution >= 0.6 is 0 Å². The lowest BCUT2D eigenvalue weighted by Gasteiger charge is -2.37. The fraction of sp³-hybridized carbons (Fsp3) is 0.700. The molecule has 0 N–H and O–H groups in total. The van der Waals surface area contributed by atoms with Gasteiger partial charge in [0.2, 0.25) is 0 Å². The van der Waals surface area contributed by atoms with Gasteiger partial charge in [-0.05, 0) is 56.3 Å². The molecule has 3 nitrogen and oxygen atoms in total. The Balaban J connectivity index is 1.50. The van der Waals surface area contributed by atoms with Crippen molar-refractivity contribution in [3.8, 4) is 5.75 Å². The van der Waals surface area contributed by atoms with Gasteiger partial charge in [-0.15, -0.1) is 0 Å². The van der Waals surface area contributed by atoms with E-state index in [4.69, 9.17) is 4.74 Å². The van der Waals surface area contributed by atoms with E-state index in [1.807, 2.05) is 0 Å². The van der Waals surface area contributed by atoms with E-state index in [-0.39, 0.29) is 5.92 Å². The highest BCUT2D eigenvalue weighted by molar-refractivity contribution is 5.75. The molecule has 1 aromatic rings. The molecule has 0 radical (unpaired) electrons. The topological polar surface area (TPSA) is 39.2 Å². The quantitative estimate of drug-likeness (QED) is 0.525. The Hall–Kier alpha value is -1.59. The first-order valence-corrected chi connectivity index (χ1v) is 9.71. The third kappa shape index (κ3) is 4.38. The number of rotatable bonds is 4. The fourth-order valence-electron chi connectivity index (χ4n) is 4.59. The molecule has 0 spiro atoms. The molecule has 6 heteroatoms. The molecule has 144 valence electrons. The first-order valence-electron chi connectivity index (χ1n) is 9.71. The number of carbonyl (C=O) groups is 1. The van der Waals surface area contributed by atoms with Crippen LogP contribution in [0.3, 0.4) is 0 Å². The maximum atomic E-state index is 13.5. The first-order chi connectivity index (χ1) is 12.5. The molecule has 2 aliphatic carbocycles. The Morgan fingerprint density at radius 2 is 1.58 bits per heavy atom. The van der Waals surface area contributed by atoms with E-state index < -0.39 is 29.4 Å². The predicted molar refractivity (Wildman–Crippen MR) is 90.9 cm³/mol. The first kappa shape index (κ1) is 19.2. The summed E-state index contributed by atoms with van der Waals surface area (Å²) in [5.41, 5.74) is 0. The largest absolute Gasteiger partial charge is 0.421 e. The molecule has 0 unspecified atom stereocenters. The van der Waals surface area contributed by atoms with Gasteiger partial charge in [-0.3, -0.25) is 4.79 Å². The normalized spacial score (nSPS) is 29.4. The van der Waals surface area contributed by atoms with Gasteiger partial charge >= 0.3 is 5.97 Å². The van der Waals surface area contributed by atoms with Crippen LogP contribution in [-0.2, 0) is 4.79 Å². The number of halogens is 3. The monoisotopic (exact) mass is 369 g/mol. The van der Waals surface area contributed by atoms with Gasteiger partial charge in [0.05, 0.1) is 5.92 Å². The van der Waals surface area contributed by atoms with Crippen LogP contribution in [0.25, 0.3) is 0 Å². The van der Waals surface area contributed by atoms with Gasteiger partial charge in [0.15, 0.2) is 11.6 Å². The number of pyridine rings is 1. The van der Waals surface area contributed by atoms with Gasteiger partial charge in [0.1, 0.15) is 0 Å². The second kappa shape index (κ2) is 8.40. The van der Waals surface area contributed by atoms with Crippen molar-refractivity contribution in [1.82, 2.24) is 4.98 Å². The summed E-state index contributed by atoms with van der Waals surface area (Å²) in [5.74, 6) is -3.44. The summed E-state index contributed by atoms with van der Waals surface area (Å²) in [5, 5.41) is 0. The highest BCUT2D eigenvalue weighted by Crippen LogP contribution is 2.42. The van der Waals surface area contributed by atoms with E-state index in [1.54, 1.807) is 0 Å². The standard InChI is InChI=1S/C20H26F3NO2/c1-2-12-3-5-13(6-4-12)14-7-9-15(10-8-14)20(25)26-17-11-16(21)18(22)24-19(17)23/h11-15H,2-10H2,1H3/t12-,13-,14-,15-. The SMILES string of the molecule is CC[C@H]1CC[C@H]([C@H]2CC[C@H](C(=O)Oc3cc(F)c(F)nc3F)CC2)CC1. The molecule has 0 atom stereocenters. The van der Waals surface area contributed by atoms with Crippen LogP contribution < -0.4 is 4.74 Å².